The Balaban J connectivity index is 1.21. The first-order valence-electron chi connectivity index (χ1n) is 17.0. The lowest BCUT2D eigenvalue weighted by molar-refractivity contribution is -0.306. The van der Waals surface area contributed by atoms with Crippen LogP contribution in [0.4, 0.5) is 0 Å². The second kappa shape index (κ2) is 13.0. The molecule has 6 N–H and O–H groups in total. The van der Waals surface area contributed by atoms with Crippen LogP contribution in [-0.4, -0.2) is 99.5 Å². The molecule has 5 aliphatic rings. The summed E-state index contributed by atoms with van der Waals surface area (Å²) in [4.78, 5) is 0. The van der Waals surface area contributed by atoms with Gasteiger partial charge in [0, 0.05) is 13.5 Å². The Kier molecular flexibility index (Phi) is 10.2. The number of rotatable bonds is 9. The summed E-state index contributed by atoms with van der Waals surface area (Å²) in [6, 6.07) is 0. The lowest BCUT2D eigenvalue weighted by atomic mass is 9.43. The van der Waals surface area contributed by atoms with E-state index in [0.717, 1.165) is 37.7 Å². The van der Waals surface area contributed by atoms with Crippen molar-refractivity contribution in [1.82, 2.24) is 0 Å². The van der Waals surface area contributed by atoms with E-state index >= 15 is 0 Å². The molecule has 0 amide bonds. The van der Waals surface area contributed by atoms with Gasteiger partial charge in [0.2, 0.25) is 0 Å². The van der Waals surface area contributed by atoms with E-state index in [2.05, 4.69) is 52.8 Å². The van der Waals surface area contributed by atoms with Crippen molar-refractivity contribution in [1.29, 1.82) is 0 Å². The van der Waals surface area contributed by atoms with Crippen LogP contribution in [0.1, 0.15) is 79.6 Å². The summed E-state index contributed by atoms with van der Waals surface area (Å²) in [7, 11) is 1.40. The first-order valence-corrected chi connectivity index (χ1v) is 17.0. The molecule has 16 unspecified atom stereocenters. The van der Waals surface area contributed by atoms with Crippen LogP contribution in [0.2, 0.25) is 0 Å². The highest BCUT2D eigenvalue weighted by Crippen LogP contribution is 2.68. The Labute approximate surface area is 263 Å². The SMILES string of the molecule is COC1C(O)C(CO)OC(OCC(C)C(C)C=CC(C)C2CC=C3C2(C)CCC2C3(O)CC(O)C3CC(O)CCC32C)C1O. The van der Waals surface area contributed by atoms with Crippen molar-refractivity contribution in [2.24, 2.45) is 46.3 Å². The van der Waals surface area contributed by atoms with Crippen molar-refractivity contribution in [2.45, 2.75) is 128 Å². The van der Waals surface area contributed by atoms with Crippen molar-refractivity contribution < 1.29 is 44.8 Å². The first kappa shape index (κ1) is 34.5. The maximum absolute atomic E-state index is 12.4. The summed E-state index contributed by atoms with van der Waals surface area (Å²) in [6.45, 7) is 11.0. The fraction of sp³-hybridized carbons (Fsp3) is 0.886. The smallest absolute Gasteiger partial charge is 0.186 e. The molecule has 5 rings (SSSR count). The minimum atomic E-state index is -1.17. The van der Waals surface area contributed by atoms with Gasteiger partial charge in [0.1, 0.15) is 24.4 Å². The molecule has 1 aliphatic heterocycles. The van der Waals surface area contributed by atoms with Crippen molar-refractivity contribution in [3.8, 4) is 0 Å². The molecule has 16 atom stereocenters. The second-order valence-electron chi connectivity index (χ2n) is 15.5. The summed E-state index contributed by atoms with van der Waals surface area (Å²) < 4.78 is 16.8. The summed E-state index contributed by atoms with van der Waals surface area (Å²) in [6.07, 6.45) is 6.17. The lowest BCUT2D eigenvalue weighted by Crippen LogP contribution is -2.65. The number of hydrogen-bond acceptors (Lipinski definition) is 9. The molecule has 4 fully saturated rings. The lowest BCUT2D eigenvalue weighted by Gasteiger charge is -2.64. The van der Waals surface area contributed by atoms with Gasteiger partial charge in [-0.2, -0.15) is 0 Å². The van der Waals surface area contributed by atoms with Gasteiger partial charge in [-0.15, -0.1) is 0 Å². The molecule has 3 saturated carbocycles. The topological polar surface area (TPSA) is 149 Å². The molecule has 0 aromatic heterocycles. The van der Waals surface area contributed by atoms with E-state index in [-0.39, 0.29) is 46.5 Å². The number of aliphatic hydroxyl groups excluding tert-OH is 5. The van der Waals surface area contributed by atoms with Crippen LogP contribution >= 0.6 is 0 Å². The van der Waals surface area contributed by atoms with Crippen LogP contribution in [0.3, 0.4) is 0 Å². The van der Waals surface area contributed by atoms with Gasteiger partial charge in [0.15, 0.2) is 6.29 Å². The highest BCUT2D eigenvalue weighted by atomic mass is 16.7. The van der Waals surface area contributed by atoms with Gasteiger partial charge in [-0.05, 0) is 90.4 Å². The summed E-state index contributed by atoms with van der Waals surface area (Å²) >= 11 is 0. The molecule has 0 bridgehead atoms. The summed E-state index contributed by atoms with van der Waals surface area (Å²) in [5.74, 6) is 1.07. The Bertz CT molecular complexity index is 1060. The first-order chi connectivity index (χ1) is 20.7. The zero-order valence-corrected chi connectivity index (χ0v) is 27.5. The number of allylic oxidation sites excluding steroid dienone is 3. The number of ether oxygens (including phenoxy) is 3. The molecule has 0 aromatic carbocycles. The number of aliphatic hydroxyl groups is 6. The molecule has 0 radical (unpaired) electrons. The van der Waals surface area contributed by atoms with Gasteiger partial charge in [0.05, 0.1) is 31.0 Å². The third kappa shape index (κ3) is 5.77. The average molecular weight is 623 g/mol. The maximum atomic E-state index is 12.4. The van der Waals surface area contributed by atoms with E-state index in [0.29, 0.717) is 25.4 Å². The maximum Gasteiger partial charge on any atom is 0.186 e. The molecule has 4 aliphatic carbocycles. The van der Waals surface area contributed by atoms with Crippen LogP contribution in [-0.2, 0) is 14.2 Å². The summed E-state index contributed by atoms with van der Waals surface area (Å²) in [5, 5.41) is 64.5. The van der Waals surface area contributed by atoms with E-state index in [4.69, 9.17) is 14.2 Å². The predicted octanol–water partition coefficient (Wildman–Crippen LogP) is 2.95. The molecule has 44 heavy (non-hydrogen) atoms. The van der Waals surface area contributed by atoms with Crippen molar-refractivity contribution >= 4 is 0 Å². The normalized spacial score (nSPS) is 49.5. The molecule has 0 aromatic rings. The summed E-state index contributed by atoms with van der Waals surface area (Å²) in [5.41, 5.74) is -0.175. The van der Waals surface area contributed by atoms with Gasteiger partial charge >= 0.3 is 0 Å². The van der Waals surface area contributed by atoms with E-state index in [1.807, 2.05) is 0 Å². The molecule has 1 saturated heterocycles. The zero-order chi connectivity index (χ0) is 32.2. The van der Waals surface area contributed by atoms with Gasteiger partial charge in [-0.1, -0.05) is 52.8 Å². The minimum Gasteiger partial charge on any atom is -0.394 e. The molecule has 0 spiro atoms. The highest BCUT2D eigenvalue weighted by Gasteiger charge is 2.66. The fourth-order valence-corrected chi connectivity index (χ4v) is 10.1. The van der Waals surface area contributed by atoms with Crippen LogP contribution in [0.5, 0.6) is 0 Å². The van der Waals surface area contributed by atoms with Crippen LogP contribution in [0.15, 0.2) is 23.8 Å². The Morgan fingerprint density at radius 3 is 2.45 bits per heavy atom. The Hall–Kier alpha value is -0.880. The van der Waals surface area contributed by atoms with E-state index in [1.165, 1.54) is 7.11 Å². The monoisotopic (exact) mass is 622 g/mol. The minimum absolute atomic E-state index is 0.0324. The Morgan fingerprint density at radius 1 is 1.05 bits per heavy atom. The van der Waals surface area contributed by atoms with Gasteiger partial charge in [0.25, 0.3) is 0 Å². The van der Waals surface area contributed by atoms with Crippen LogP contribution < -0.4 is 0 Å². The number of hydrogen-bond donors (Lipinski definition) is 6. The van der Waals surface area contributed by atoms with Crippen LogP contribution in [0.25, 0.3) is 0 Å². The quantitative estimate of drug-likeness (QED) is 0.214. The third-order valence-electron chi connectivity index (χ3n) is 13.0. The molecule has 1 heterocycles. The van der Waals surface area contributed by atoms with Gasteiger partial charge in [-0.3, -0.25) is 0 Å². The Morgan fingerprint density at radius 2 is 1.77 bits per heavy atom. The fourth-order valence-electron chi connectivity index (χ4n) is 10.1. The molecular weight excluding hydrogens is 564 g/mol. The van der Waals surface area contributed by atoms with Crippen molar-refractivity contribution in [2.75, 3.05) is 20.3 Å². The second-order valence-corrected chi connectivity index (χ2v) is 15.5. The molecule has 252 valence electrons. The molecular formula is C35H58O9. The largest absolute Gasteiger partial charge is 0.394 e. The standard InChI is InChI=1S/C35H58O9/c1-19(21(3)18-43-32-30(40)31(42-6)29(39)26(17-36)44-32)7-8-20(2)23-9-10-27-33(23,4)14-12-28-34(5)13-11-22(37)15-24(34)25(38)16-35(27,28)41/h7-8,10,19-26,28-32,36-41H,9,11-18H2,1-6H3. The number of methoxy groups -OCH3 is 1. The predicted molar refractivity (Wildman–Crippen MR) is 165 cm³/mol. The third-order valence-corrected chi connectivity index (χ3v) is 13.0. The molecule has 9 nitrogen and oxygen atoms in total. The van der Waals surface area contributed by atoms with E-state index in [1.54, 1.807) is 0 Å². The number of fused-ring (bicyclic) bond motifs is 5. The van der Waals surface area contributed by atoms with Crippen molar-refractivity contribution in [3.63, 3.8) is 0 Å². The van der Waals surface area contributed by atoms with Gasteiger partial charge in [-0.25, -0.2) is 0 Å². The molecule has 9 heteroatoms. The zero-order valence-electron chi connectivity index (χ0n) is 27.5. The van der Waals surface area contributed by atoms with E-state index in [9.17, 15) is 30.6 Å². The van der Waals surface area contributed by atoms with Crippen molar-refractivity contribution in [3.05, 3.63) is 23.8 Å². The van der Waals surface area contributed by atoms with Crippen LogP contribution in [0, 0.1) is 46.3 Å². The van der Waals surface area contributed by atoms with Gasteiger partial charge < -0.3 is 44.8 Å². The highest BCUT2D eigenvalue weighted by molar-refractivity contribution is 5.37. The van der Waals surface area contributed by atoms with E-state index < -0.39 is 49.0 Å². The average Bonchev–Trinajstić information content (AvgIpc) is 3.34.